The number of amides is 1. The summed E-state index contributed by atoms with van der Waals surface area (Å²) in [7, 11) is 0. The van der Waals surface area contributed by atoms with Gasteiger partial charge in [-0.2, -0.15) is 18.3 Å². The number of alkyl halides is 3. The van der Waals surface area contributed by atoms with Crippen LogP contribution in [0, 0.1) is 5.41 Å². The van der Waals surface area contributed by atoms with Crippen LogP contribution in [0.3, 0.4) is 0 Å². The van der Waals surface area contributed by atoms with Crippen molar-refractivity contribution in [3.05, 3.63) is 23.5 Å². The van der Waals surface area contributed by atoms with Gasteiger partial charge in [0.05, 0.1) is 11.8 Å². The Kier molecular flexibility index (Phi) is 2.60. The van der Waals surface area contributed by atoms with E-state index in [0.717, 1.165) is 30.8 Å². The van der Waals surface area contributed by atoms with E-state index in [1.54, 1.807) is 6.20 Å². The summed E-state index contributed by atoms with van der Waals surface area (Å²) < 4.78 is 38.4. The predicted octanol–water partition coefficient (Wildman–Crippen LogP) is 2.52. The van der Waals surface area contributed by atoms with E-state index in [2.05, 4.69) is 5.10 Å². The fraction of sp³-hybridized carbons (Fsp3) is 0.500. The van der Waals surface area contributed by atoms with E-state index in [1.165, 1.54) is 9.58 Å². The first-order valence-corrected chi connectivity index (χ1v) is 6.06. The second-order valence-electron chi connectivity index (χ2n) is 5.49. The lowest BCUT2D eigenvalue weighted by Crippen LogP contribution is -2.61. The maximum absolute atomic E-state index is 12.4. The van der Waals surface area contributed by atoms with Gasteiger partial charge in [-0.25, -0.2) is 9.48 Å². The Morgan fingerprint density at radius 3 is 2.55 bits per heavy atom. The third kappa shape index (κ3) is 2.14. The van der Waals surface area contributed by atoms with Crippen molar-refractivity contribution in [1.29, 1.82) is 0 Å². The molecule has 20 heavy (non-hydrogen) atoms. The quantitative estimate of drug-likeness (QED) is 0.863. The summed E-state index contributed by atoms with van der Waals surface area (Å²) in [6.07, 6.45) is -0.536. The molecular formula is C12H12F3N3O2. The maximum atomic E-state index is 12.4. The minimum Gasteiger partial charge on any atom is -0.465 e. The van der Waals surface area contributed by atoms with E-state index in [4.69, 9.17) is 5.11 Å². The largest absolute Gasteiger partial charge is 0.465 e. The van der Waals surface area contributed by atoms with Crippen LogP contribution in [0.5, 0.6) is 0 Å². The lowest BCUT2D eigenvalue weighted by atomic mass is 9.61. The third-order valence-electron chi connectivity index (χ3n) is 3.77. The van der Waals surface area contributed by atoms with E-state index in [-0.39, 0.29) is 5.41 Å². The third-order valence-corrected chi connectivity index (χ3v) is 3.77. The van der Waals surface area contributed by atoms with E-state index in [9.17, 15) is 18.0 Å². The van der Waals surface area contributed by atoms with Crippen LogP contribution in [0.4, 0.5) is 18.0 Å². The Bertz CT molecular complexity index is 575. The molecule has 2 aliphatic rings. The van der Waals surface area contributed by atoms with Gasteiger partial charge < -0.3 is 10.0 Å². The van der Waals surface area contributed by atoms with Crippen molar-refractivity contribution < 1.29 is 23.1 Å². The number of nitrogens with zero attached hydrogens (tertiary/aromatic N) is 3. The van der Waals surface area contributed by atoms with E-state index in [0.29, 0.717) is 13.1 Å². The molecule has 3 rings (SSSR count). The smallest absolute Gasteiger partial charge is 0.419 e. The molecule has 1 aliphatic heterocycles. The first kappa shape index (κ1) is 13.0. The normalized spacial score (nSPS) is 20.6. The van der Waals surface area contributed by atoms with Crippen LogP contribution in [0.25, 0.3) is 6.20 Å². The molecule has 2 fully saturated rings. The van der Waals surface area contributed by atoms with E-state index < -0.39 is 17.8 Å². The predicted molar refractivity (Wildman–Crippen MR) is 62.8 cm³/mol. The Hall–Kier alpha value is -1.99. The number of halogens is 3. The van der Waals surface area contributed by atoms with Crippen LogP contribution in [0.2, 0.25) is 0 Å². The van der Waals surface area contributed by atoms with Crippen LogP contribution in [-0.4, -0.2) is 39.0 Å². The summed E-state index contributed by atoms with van der Waals surface area (Å²) in [5.41, 5.74) is 0.223. The summed E-state index contributed by atoms with van der Waals surface area (Å²) in [5, 5.41) is 12.4. The summed E-state index contributed by atoms with van der Waals surface area (Å²) in [6, 6.07) is 0. The van der Waals surface area contributed by atoms with E-state index in [1.807, 2.05) is 0 Å². The number of carbonyl (C=O) groups is 1. The molecule has 1 spiro atoms. The molecule has 0 radical (unpaired) electrons. The zero-order valence-electron chi connectivity index (χ0n) is 10.4. The van der Waals surface area contributed by atoms with Gasteiger partial charge >= 0.3 is 12.3 Å². The number of carboxylic acid groups (broad SMARTS) is 1. The van der Waals surface area contributed by atoms with Gasteiger partial charge in [0, 0.05) is 30.9 Å². The van der Waals surface area contributed by atoms with Crippen molar-refractivity contribution in [2.75, 3.05) is 13.1 Å². The van der Waals surface area contributed by atoms with Crippen molar-refractivity contribution in [2.24, 2.45) is 5.41 Å². The highest BCUT2D eigenvalue weighted by molar-refractivity contribution is 5.67. The SMILES string of the molecule is O=C(O)N1CC2(CC(=Cn3cc(C(F)(F)F)cn3)C2)C1. The monoisotopic (exact) mass is 287 g/mol. The van der Waals surface area contributed by atoms with Gasteiger partial charge in [-0.15, -0.1) is 0 Å². The van der Waals surface area contributed by atoms with Crippen molar-refractivity contribution >= 4 is 12.3 Å². The van der Waals surface area contributed by atoms with Gasteiger partial charge in [0.15, 0.2) is 0 Å². The average molecular weight is 287 g/mol. The second-order valence-corrected chi connectivity index (χ2v) is 5.49. The number of aromatic nitrogens is 2. The molecule has 1 aliphatic carbocycles. The van der Waals surface area contributed by atoms with Crippen LogP contribution >= 0.6 is 0 Å². The minimum atomic E-state index is -4.38. The fourth-order valence-corrected chi connectivity index (χ4v) is 2.87. The standard InChI is InChI=1S/C12H12F3N3O2/c13-12(14,15)9-3-16-18(5-9)4-8-1-11(2-8)6-17(7-11)10(19)20/h3-5H,1-2,6-7H2,(H,19,20). The number of rotatable bonds is 1. The van der Waals surface area contributed by atoms with Gasteiger partial charge in [-0.3, -0.25) is 0 Å². The lowest BCUT2D eigenvalue weighted by molar-refractivity contribution is -0.137. The second kappa shape index (κ2) is 4.00. The van der Waals surface area contributed by atoms with Crippen LogP contribution in [0.15, 0.2) is 18.0 Å². The first-order chi connectivity index (χ1) is 9.27. The highest BCUT2D eigenvalue weighted by Crippen LogP contribution is 2.51. The van der Waals surface area contributed by atoms with Gasteiger partial charge in [0.1, 0.15) is 0 Å². The highest BCUT2D eigenvalue weighted by atomic mass is 19.4. The molecular weight excluding hydrogens is 275 g/mol. The fourth-order valence-electron chi connectivity index (χ4n) is 2.87. The summed E-state index contributed by atoms with van der Waals surface area (Å²) in [6.45, 7) is 1.01. The van der Waals surface area contributed by atoms with E-state index >= 15 is 0 Å². The Balaban J connectivity index is 1.60. The maximum Gasteiger partial charge on any atom is 0.419 e. The zero-order chi connectivity index (χ0) is 14.5. The number of likely N-dealkylation sites (tertiary alicyclic amines) is 1. The molecule has 1 aromatic rings. The number of hydrogen-bond donors (Lipinski definition) is 1. The number of hydrogen-bond acceptors (Lipinski definition) is 2. The minimum absolute atomic E-state index is 0.00420. The lowest BCUT2D eigenvalue weighted by Gasteiger charge is -2.55. The molecule has 2 heterocycles. The molecule has 1 saturated heterocycles. The first-order valence-electron chi connectivity index (χ1n) is 6.06. The average Bonchev–Trinajstić information content (AvgIpc) is 2.66. The van der Waals surface area contributed by atoms with Crippen LogP contribution < -0.4 is 0 Å². The summed E-state index contributed by atoms with van der Waals surface area (Å²) in [4.78, 5) is 12.0. The molecule has 0 bridgehead atoms. The zero-order valence-corrected chi connectivity index (χ0v) is 10.4. The molecule has 8 heteroatoms. The van der Waals surface area contributed by atoms with Gasteiger partial charge in [-0.05, 0) is 12.8 Å². The molecule has 0 aromatic carbocycles. The highest BCUT2D eigenvalue weighted by Gasteiger charge is 2.51. The van der Waals surface area contributed by atoms with Crippen LogP contribution in [0.1, 0.15) is 18.4 Å². The Morgan fingerprint density at radius 1 is 1.40 bits per heavy atom. The topological polar surface area (TPSA) is 58.4 Å². The van der Waals surface area contributed by atoms with Crippen molar-refractivity contribution in [1.82, 2.24) is 14.7 Å². The molecule has 1 saturated carbocycles. The Labute approximate surface area is 112 Å². The summed E-state index contributed by atoms with van der Waals surface area (Å²) >= 11 is 0. The van der Waals surface area contributed by atoms with Crippen molar-refractivity contribution in [3.8, 4) is 0 Å². The van der Waals surface area contributed by atoms with Gasteiger partial charge in [-0.1, -0.05) is 5.57 Å². The molecule has 1 aromatic heterocycles. The molecule has 0 unspecified atom stereocenters. The van der Waals surface area contributed by atoms with Gasteiger partial charge in [0.25, 0.3) is 0 Å². The molecule has 1 amide bonds. The molecule has 0 atom stereocenters. The molecule has 108 valence electrons. The Morgan fingerprint density at radius 2 is 2.05 bits per heavy atom. The van der Waals surface area contributed by atoms with Crippen molar-refractivity contribution in [2.45, 2.75) is 19.0 Å². The van der Waals surface area contributed by atoms with Crippen LogP contribution in [-0.2, 0) is 6.18 Å². The molecule has 1 N–H and O–H groups in total. The number of allylic oxidation sites excluding steroid dienone is 1. The van der Waals surface area contributed by atoms with Gasteiger partial charge in [0.2, 0.25) is 0 Å². The van der Waals surface area contributed by atoms with Crippen molar-refractivity contribution in [3.63, 3.8) is 0 Å². The molecule has 5 nitrogen and oxygen atoms in total. The summed E-state index contributed by atoms with van der Waals surface area (Å²) in [5.74, 6) is 0.